The molecule has 0 saturated heterocycles. The number of amides is 2. The van der Waals surface area contributed by atoms with E-state index >= 15 is 0 Å². The lowest BCUT2D eigenvalue weighted by Gasteiger charge is -2.19. The number of aryl methyl sites for hydroxylation is 1. The molecular formula is C22H21N5O3. The zero-order chi connectivity index (χ0) is 20.7. The van der Waals surface area contributed by atoms with Gasteiger partial charge >= 0.3 is 0 Å². The van der Waals surface area contributed by atoms with Crippen molar-refractivity contribution >= 4 is 17.5 Å². The van der Waals surface area contributed by atoms with E-state index in [-0.39, 0.29) is 24.4 Å². The molecule has 0 unspecified atom stereocenters. The molecule has 0 saturated carbocycles. The first kappa shape index (κ1) is 18.4. The molecule has 3 heterocycles. The molecule has 1 aromatic heterocycles. The molecule has 2 atom stereocenters. The van der Waals surface area contributed by atoms with Crippen LogP contribution < -0.4 is 15.0 Å². The Bertz CT molecular complexity index is 1110. The van der Waals surface area contributed by atoms with Crippen molar-refractivity contribution in [1.29, 1.82) is 0 Å². The highest BCUT2D eigenvalue weighted by Crippen LogP contribution is 2.31. The number of carbonyl (C=O) groups excluding carboxylic acids is 2. The molecule has 8 nitrogen and oxygen atoms in total. The SMILES string of the molecule is CN1C(=O)[C@@H](NC(=O)c2nc3n(n2)[C@H](c2ccccc2)CC3)COc2ccccc21. The van der Waals surface area contributed by atoms with Crippen LogP contribution in [0, 0.1) is 0 Å². The number of ether oxygens (including phenoxy) is 1. The van der Waals surface area contributed by atoms with Gasteiger partial charge in [0, 0.05) is 13.5 Å². The summed E-state index contributed by atoms with van der Waals surface area (Å²) in [4.78, 5) is 31.6. The number of fused-ring (bicyclic) bond motifs is 2. The average molecular weight is 403 g/mol. The fourth-order valence-electron chi connectivity index (χ4n) is 4.02. The lowest BCUT2D eigenvalue weighted by molar-refractivity contribution is -0.120. The largest absolute Gasteiger partial charge is 0.489 e. The van der Waals surface area contributed by atoms with Gasteiger partial charge in [-0.1, -0.05) is 42.5 Å². The highest BCUT2D eigenvalue weighted by atomic mass is 16.5. The third-order valence-electron chi connectivity index (χ3n) is 5.59. The number of benzene rings is 2. The summed E-state index contributed by atoms with van der Waals surface area (Å²) in [6.07, 6.45) is 1.66. The number of para-hydroxylation sites is 2. The Morgan fingerprint density at radius 3 is 2.73 bits per heavy atom. The van der Waals surface area contributed by atoms with Crippen molar-refractivity contribution < 1.29 is 14.3 Å². The average Bonchev–Trinajstić information content (AvgIpc) is 3.34. The van der Waals surface area contributed by atoms with Crippen LogP contribution in [0.1, 0.15) is 34.5 Å². The molecule has 0 bridgehead atoms. The number of hydrogen-bond acceptors (Lipinski definition) is 5. The van der Waals surface area contributed by atoms with E-state index in [0.717, 1.165) is 24.2 Å². The fraction of sp³-hybridized carbons (Fsp3) is 0.273. The van der Waals surface area contributed by atoms with Crippen molar-refractivity contribution in [2.45, 2.75) is 24.9 Å². The first-order valence-corrected chi connectivity index (χ1v) is 9.92. The minimum atomic E-state index is -0.821. The van der Waals surface area contributed by atoms with Crippen molar-refractivity contribution in [3.63, 3.8) is 0 Å². The van der Waals surface area contributed by atoms with Crippen molar-refractivity contribution in [3.05, 3.63) is 71.8 Å². The Kier molecular flexibility index (Phi) is 4.46. The Hall–Kier alpha value is -3.68. The maximum absolute atomic E-state index is 12.8. The van der Waals surface area contributed by atoms with E-state index in [0.29, 0.717) is 11.4 Å². The van der Waals surface area contributed by atoms with Crippen LogP contribution in [0.25, 0.3) is 0 Å². The third-order valence-corrected chi connectivity index (χ3v) is 5.59. The van der Waals surface area contributed by atoms with Crippen LogP contribution in [0.3, 0.4) is 0 Å². The summed E-state index contributed by atoms with van der Waals surface area (Å²) in [5, 5.41) is 7.19. The second kappa shape index (κ2) is 7.29. The number of aromatic nitrogens is 3. The molecule has 0 fully saturated rings. The monoisotopic (exact) mass is 403 g/mol. The Morgan fingerprint density at radius 2 is 1.90 bits per heavy atom. The molecule has 1 N–H and O–H groups in total. The second-order valence-corrected chi connectivity index (χ2v) is 7.46. The minimum absolute atomic E-state index is 0.0478. The zero-order valence-corrected chi connectivity index (χ0v) is 16.5. The van der Waals surface area contributed by atoms with Crippen LogP contribution in [-0.2, 0) is 11.2 Å². The Balaban J connectivity index is 1.34. The first-order chi connectivity index (χ1) is 14.6. The van der Waals surface area contributed by atoms with E-state index < -0.39 is 11.9 Å². The van der Waals surface area contributed by atoms with Gasteiger partial charge in [-0.05, 0) is 24.1 Å². The maximum atomic E-state index is 12.8. The maximum Gasteiger partial charge on any atom is 0.291 e. The van der Waals surface area contributed by atoms with E-state index in [1.807, 2.05) is 41.1 Å². The van der Waals surface area contributed by atoms with Crippen LogP contribution in [0.5, 0.6) is 5.75 Å². The highest BCUT2D eigenvalue weighted by molar-refractivity contribution is 6.02. The lowest BCUT2D eigenvalue weighted by atomic mass is 10.1. The van der Waals surface area contributed by atoms with Crippen LogP contribution in [0.2, 0.25) is 0 Å². The van der Waals surface area contributed by atoms with Gasteiger partial charge in [-0.15, -0.1) is 5.10 Å². The fourth-order valence-corrected chi connectivity index (χ4v) is 4.02. The van der Waals surface area contributed by atoms with Crippen molar-refractivity contribution in [3.8, 4) is 5.75 Å². The molecule has 2 aliphatic rings. The van der Waals surface area contributed by atoms with Crippen molar-refractivity contribution in [1.82, 2.24) is 20.1 Å². The molecule has 2 amide bonds. The molecule has 2 aliphatic heterocycles. The Morgan fingerprint density at radius 1 is 1.13 bits per heavy atom. The van der Waals surface area contributed by atoms with Crippen LogP contribution >= 0.6 is 0 Å². The van der Waals surface area contributed by atoms with Crippen LogP contribution in [0.4, 0.5) is 5.69 Å². The predicted octanol–water partition coefficient (Wildman–Crippen LogP) is 1.97. The van der Waals surface area contributed by atoms with Gasteiger partial charge in [-0.3, -0.25) is 9.59 Å². The van der Waals surface area contributed by atoms with E-state index in [2.05, 4.69) is 27.5 Å². The van der Waals surface area contributed by atoms with Gasteiger partial charge < -0.3 is 15.0 Å². The quantitative estimate of drug-likeness (QED) is 0.722. The van der Waals surface area contributed by atoms with E-state index in [1.54, 1.807) is 13.1 Å². The summed E-state index contributed by atoms with van der Waals surface area (Å²) in [6, 6.07) is 16.6. The van der Waals surface area contributed by atoms with Crippen LogP contribution in [0.15, 0.2) is 54.6 Å². The van der Waals surface area contributed by atoms with Gasteiger partial charge in [0.15, 0.2) is 0 Å². The molecule has 0 aliphatic carbocycles. The molecule has 0 radical (unpaired) electrons. The van der Waals surface area contributed by atoms with Crippen molar-refractivity contribution in [2.75, 3.05) is 18.6 Å². The normalized spacial score (nSPS) is 20.2. The number of likely N-dealkylation sites (N-methyl/N-ethyl adjacent to an activating group) is 1. The molecule has 3 aromatic rings. The first-order valence-electron chi connectivity index (χ1n) is 9.92. The van der Waals surface area contributed by atoms with Gasteiger partial charge in [-0.25, -0.2) is 9.67 Å². The smallest absolute Gasteiger partial charge is 0.291 e. The summed E-state index contributed by atoms with van der Waals surface area (Å²) < 4.78 is 7.57. The molecule has 152 valence electrons. The molecule has 8 heteroatoms. The number of anilines is 1. The predicted molar refractivity (Wildman–Crippen MR) is 110 cm³/mol. The summed E-state index contributed by atoms with van der Waals surface area (Å²) in [7, 11) is 1.67. The number of nitrogens with zero attached hydrogens (tertiary/aromatic N) is 4. The van der Waals surface area contributed by atoms with Gasteiger partial charge in [0.2, 0.25) is 5.82 Å². The zero-order valence-electron chi connectivity index (χ0n) is 16.5. The van der Waals surface area contributed by atoms with Gasteiger partial charge in [0.25, 0.3) is 11.8 Å². The second-order valence-electron chi connectivity index (χ2n) is 7.46. The molecule has 0 spiro atoms. The number of rotatable bonds is 3. The van der Waals surface area contributed by atoms with Gasteiger partial charge in [-0.2, -0.15) is 0 Å². The molecule has 2 aromatic carbocycles. The molecular weight excluding hydrogens is 382 g/mol. The molecule has 30 heavy (non-hydrogen) atoms. The number of nitrogens with one attached hydrogen (secondary N) is 1. The summed E-state index contributed by atoms with van der Waals surface area (Å²) in [5.41, 5.74) is 1.81. The number of carbonyl (C=O) groups is 2. The summed E-state index contributed by atoms with van der Waals surface area (Å²) in [5.74, 6) is 0.729. The topological polar surface area (TPSA) is 89.4 Å². The van der Waals surface area contributed by atoms with E-state index in [1.165, 1.54) is 4.90 Å². The van der Waals surface area contributed by atoms with E-state index in [9.17, 15) is 9.59 Å². The van der Waals surface area contributed by atoms with Crippen LogP contribution in [-0.4, -0.2) is 46.3 Å². The van der Waals surface area contributed by atoms with Gasteiger partial charge in [0.1, 0.15) is 24.2 Å². The Labute approximate surface area is 173 Å². The standard InChI is InChI=1S/C22H21N5O3/c1-26-17-9-5-6-10-18(17)30-13-15(22(26)29)23-21(28)20-24-19-12-11-16(27(19)25-20)14-7-3-2-4-8-14/h2-10,15-16H,11-13H2,1H3,(H,23,28)/t15-,16-/m0/s1. The molecule has 5 rings (SSSR count). The third kappa shape index (κ3) is 3.10. The van der Waals surface area contributed by atoms with Crippen molar-refractivity contribution in [2.24, 2.45) is 0 Å². The highest BCUT2D eigenvalue weighted by Gasteiger charge is 2.33. The summed E-state index contributed by atoms with van der Waals surface area (Å²) >= 11 is 0. The minimum Gasteiger partial charge on any atom is -0.489 e. The van der Waals surface area contributed by atoms with Gasteiger partial charge in [0.05, 0.1) is 11.7 Å². The summed E-state index contributed by atoms with van der Waals surface area (Å²) in [6.45, 7) is 0.0478. The lowest BCUT2D eigenvalue weighted by Crippen LogP contribution is -2.49. The number of hydrogen-bond donors (Lipinski definition) is 1. The van der Waals surface area contributed by atoms with E-state index in [4.69, 9.17) is 4.74 Å².